The molecule has 0 fully saturated rings. The highest BCUT2D eigenvalue weighted by Gasteiger charge is 2.01. The summed E-state index contributed by atoms with van der Waals surface area (Å²) in [4.78, 5) is 2.30. The first-order chi connectivity index (χ1) is 8.90. The van der Waals surface area contributed by atoms with Crippen molar-refractivity contribution in [3.05, 3.63) is 29.8 Å². The largest absolute Gasteiger partial charge is 0.307 e. The quantitative estimate of drug-likeness (QED) is 0.745. The number of hydrogen-bond acceptors (Lipinski definition) is 3. The maximum absolute atomic E-state index is 11.1. The third-order valence-corrected chi connectivity index (χ3v) is 3.66. The summed E-state index contributed by atoms with van der Waals surface area (Å²) in [5, 5.41) is 0. The molecule has 0 saturated carbocycles. The molecule has 0 bridgehead atoms. The van der Waals surface area contributed by atoms with Crippen molar-refractivity contribution in [2.24, 2.45) is 0 Å². The van der Waals surface area contributed by atoms with Gasteiger partial charge in [-0.05, 0) is 57.1 Å². The number of rotatable bonds is 8. The van der Waals surface area contributed by atoms with Crippen molar-refractivity contribution in [2.75, 3.05) is 31.1 Å². The second-order valence-corrected chi connectivity index (χ2v) is 6.67. The van der Waals surface area contributed by atoms with Gasteiger partial charge in [-0.3, -0.25) is 4.72 Å². The van der Waals surface area contributed by atoms with Gasteiger partial charge >= 0.3 is 0 Å². The molecule has 5 heteroatoms. The van der Waals surface area contributed by atoms with Crippen LogP contribution in [-0.2, 0) is 16.4 Å². The molecule has 1 N–H and O–H groups in total. The molecule has 0 radical (unpaired) electrons. The van der Waals surface area contributed by atoms with E-state index in [9.17, 15) is 8.42 Å². The molecule has 0 aliphatic heterocycles. The highest BCUT2D eigenvalue weighted by atomic mass is 32.2. The maximum atomic E-state index is 11.1. The lowest BCUT2D eigenvalue weighted by atomic mass is 10.1. The molecule has 0 aliphatic carbocycles. The molecule has 1 aromatic carbocycles. The Morgan fingerprint density at radius 2 is 1.79 bits per heavy atom. The molecule has 0 heterocycles. The van der Waals surface area contributed by atoms with Gasteiger partial charge in [0.25, 0.3) is 0 Å². The number of nitrogens with one attached hydrogen (secondary N) is 1. The Hall–Kier alpha value is -1.07. The topological polar surface area (TPSA) is 49.4 Å². The van der Waals surface area contributed by atoms with Gasteiger partial charge in [-0.25, -0.2) is 8.42 Å². The van der Waals surface area contributed by atoms with Gasteiger partial charge in [0.1, 0.15) is 0 Å². The van der Waals surface area contributed by atoms with Gasteiger partial charge in [0.05, 0.1) is 6.26 Å². The third kappa shape index (κ3) is 7.18. The van der Waals surface area contributed by atoms with Crippen molar-refractivity contribution in [1.29, 1.82) is 0 Å². The van der Waals surface area contributed by atoms with E-state index in [0.717, 1.165) is 32.2 Å². The monoisotopic (exact) mass is 284 g/mol. The Morgan fingerprint density at radius 1 is 1.16 bits per heavy atom. The molecule has 19 heavy (non-hydrogen) atoms. The van der Waals surface area contributed by atoms with Crippen LogP contribution in [0.2, 0.25) is 0 Å². The SMILES string of the molecule is CCN(C)CCCCc1ccc(NS(C)(=O)=O)cc1. The molecule has 0 atom stereocenters. The van der Waals surface area contributed by atoms with Crippen LogP contribution in [0.25, 0.3) is 0 Å². The van der Waals surface area contributed by atoms with Crippen LogP contribution >= 0.6 is 0 Å². The lowest BCUT2D eigenvalue weighted by molar-refractivity contribution is 0.343. The van der Waals surface area contributed by atoms with Crippen molar-refractivity contribution < 1.29 is 8.42 Å². The van der Waals surface area contributed by atoms with Gasteiger partial charge in [-0.1, -0.05) is 19.1 Å². The summed E-state index contributed by atoms with van der Waals surface area (Å²) >= 11 is 0. The fraction of sp³-hybridized carbons (Fsp3) is 0.571. The van der Waals surface area contributed by atoms with Crippen molar-refractivity contribution >= 4 is 15.7 Å². The first-order valence-corrected chi connectivity index (χ1v) is 8.55. The second kappa shape index (κ2) is 7.50. The molecule has 108 valence electrons. The van der Waals surface area contributed by atoms with Crippen LogP contribution < -0.4 is 4.72 Å². The predicted octanol–water partition coefficient (Wildman–Crippen LogP) is 2.33. The van der Waals surface area contributed by atoms with Gasteiger partial charge in [0, 0.05) is 5.69 Å². The molecule has 4 nitrogen and oxygen atoms in total. The molecule has 1 aromatic rings. The summed E-state index contributed by atoms with van der Waals surface area (Å²) in [5.74, 6) is 0. The molecule has 0 aliphatic rings. The fourth-order valence-electron chi connectivity index (χ4n) is 1.82. The number of nitrogens with zero attached hydrogens (tertiary/aromatic N) is 1. The van der Waals surface area contributed by atoms with Crippen molar-refractivity contribution in [2.45, 2.75) is 26.2 Å². The van der Waals surface area contributed by atoms with Gasteiger partial charge in [0.15, 0.2) is 0 Å². The summed E-state index contributed by atoms with van der Waals surface area (Å²) in [5.41, 5.74) is 1.87. The molecular formula is C14H24N2O2S. The smallest absolute Gasteiger partial charge is 0.229 e. The molecule has 0 spiro atoms. The Morgan fingerprint density at radius 3 is 2.32 bits per heavy atom. The van der Waals surface area contributed by atoms with E-state index in [1.165, 1.54) is 12.0 Å². The third-order valence-electron chi connectivity index (χ3n) is 3.05. The molecule has 0 amide bonds. The lowest BCUT2D eigenvalue weighted by Crippen LogP contribution is -2.18. The van der Waals surface area contributed by atoms with Gasteiger partial charge < -0.3 is 4.90 Å². The zero-order valence-electron chi connectivity index (χ0n) is 12.0. The van der Waals surface area contributed by atoms with Crippen molar-refractivity contribution in [1.82, 2.24) is 4.90 Å². The number of benzene rings is 1. The van der Waals surface area contributed by atoms with Crippen LogP contribution in [0, 0.1) is 0 Å². The zero-order chi connectivity index (χ0) is 14.3. The molecule has 0 unspecified atom stereocenters. The summed E-state index contributed by atoms with van der Waals surface area (Å²) in [6.45, 7) is 4.38. The van der Waals surface area contributed by atoms with Crippen LogP contribution in [0.5, 0.6) is 0 Å². The average Bonchev–Trinajstić information content (AvgIpc) is 2.34. The highest BCUT2D eigenvalue weighted by molar-refractivity contribution is 7.92. The van der Waals surface area contributed by atoms with Crippen molar-refractivity contribution in [3.8, 4) is 0 Å². The number of sulfonamides is 1. The van der Waals surface area contributed by atoms with E-state index < -0.39 is 10.0 Å². The zero-order valence-corrected chi connectivity index (χ0v) is 12.8. The summed E-state index contributed by atoms with van der Waals surface area (Å²) in [6, 6.07) is 7.59. The van der Waals surface area contributed by atoms with E-state index >= 15 is 0 Å². The molecule has 0 saturated heterocycles. The normalized spacial score (nSPS) is 11.8. The van der Waals surface area contributed by atoms with E-state index in [-0.39, 0.29) is 0 Å². The number of hydrogen-bond donors (Lipinski definition) is 1. The van der Waals surface area contributed by atoms with Crippen LogP contribution in [-0.4, -0.2) is 39.7 Å². The first-order valence-electron chi connectivity index (χ1n) is 6.66. The van der Waals surface area contributed by atoms with Crippen LogP contribution in [0.1, 0.15) is 25.3 Å². The minimum Gasteiger partial charge on any atom is -0.307 e. The van der Waals surface area contributed by atoms with Crippen LogP contribution in [0.3, 0.4) is 0 Å². The van der Waals surface area contributed by atoms with Crippen LogP contribution in [0.15, 0.2) is 24.3 Å². The summed E-state index contributed by atoms with van der Waals surface area (Å²) in [7, 11) is -1.05. The second-order valence-electron chi connectivity index (χ2n) is 4.92. The van der Waals surface area contributed by atoms with E-state index in [1.807, 2.05) is 24.3 Å². The summed E-state index contributed by atoms with van der Waals surface area (Å²) in [6.07, 6.45) is 4.54. The predicted molar refractivity (Wildman–Crippen MR) is 81.0 cm³/mol. The standard InChI is InChI=1S/C14H24N2O2S/c1-4-16(2)12-6-5-7-13-8-10-14(11-9-13)15-19(3,17)18/h8-11,15H,4-7,12H2,1-3H3. The Balaban J connectivity index is 2.36. The van der Waals surface area contributed by atoms with E-state index in [4.69, 9.17) is 0 Å². The molecule has 1 rings (SSSR count). The number of unbranched alkanes of at least 4 members (excludes halogenated alkanes) is 1. The minimum absolute atomic E-state index is 0.622. The van der Waals surface area contributed by atoms with Crippen molar-refractivity contribution in [3.63, 3.8) is 0 Å². The van der Waals surface area contributed by atoms with Crippen LogP contribution in [0.4, 0.5) is 5.69 Å². The first kappa shape index (κ1) is 16.0. The van der Waals surface area contributed by atoms with Gasteiger partial charge in [-0.2, -0.15) is 0 Å². The van der Waals surface area contributed by atoms with Gasteiger partial charge in [-0.15, -0.1) is 0 Å². The van der Waals surface area contributed by atoms with E-state index in [2.05, 4.69) is 23.6 Å². The Labute approximate surface area is 116 Å². The van der Waals surface area contributed by atoms with E-state index in [1.54, 1.807) is 0 Å². The van der Waals surface area contributed by atoms with E-state index in [0.29, 0.717) is 5.69 Å². The highest BCUT2D eigenvalue weighted by Crippen LogP contribution is 2.12. The number of aryl methyl sites for hydroxylation is 1. The molecular weight excluding hydrogens is 260 g/mol. The minimum atomic E-state index is -3.18. The average molecular weight is 284 g/mol. The Bertz CT molecular complexity index is 469. The summed E-state index contributed by atoms with van der Waals surface area (Å²) < 4.78 is 24.6. The lowest BCUT2D eigenvalue weighted by Gasteiger charge is -2.13. The fourth-order valence-corrected chi connectivity index (χ4v) is 2.39. The number of anilines is 1. The van der Waals surface area contributed by atoms with Gasteiger partial charge in [0.2, 0.25) is 10.0 Å². The maximum Gasteiger partial charge on any atom is 0.229 e. The Kier molecular flexibility index (Phi) is 6.31. The molecule has 0 aromatic heterocycles.